The first-order chi connectivity index (χ1) is 8.36. The molecule has 1 amide bonds. The zero-order valence-corrected chi connectivity index (χ0v) is 13.4. The number of rotatable bonds is 3. The van der Waals surface area contributed by atoms with Crippen LogP contribution in [-0.2, 0) is 4.74 Å². The normalized spacial score (nSPS) is 25.6. The van der Waals surface area contributed by atoms with E-state index >= 15 is 0 Å². The lowest BCUT2D eigenvalue weighted by Gasteiger charge is -2.51. The summed E-state index contributed by atoms with van der Waals surface area (Å²) in [5.74, 6) is 0.0152. The highest BCUT2D eigenvalue weighted by molar-refractivity contribution is 9.11. The molecule has 1 heterocycles. The molecule has 1 aliphatic carbocycles. The lowest BCUT2D eigenvalue weighted by Crippen LogP contribution is -2.61. The van der Waals surface area contributed by atoms with Crippen LogP contribution in [-0.4, -0.2) is 25.2 Å². The van der Waals surface area contributed by atoms with Crippen molar-refractivity contribution in [1.29, 1.82) is 0 Å². The number of carbonyl (C=O) groups excluding carboxylic acids is 1. The first-order valence-corrected chi connectivity index (χ1v) is 7.56. The van der Waals surface area contributed by atoms with Gasteiger partial charge in [0, 0.05) is 18.6 Å². The van der Waals surface area contributed by atoms with Crippen molar-refractivity contribution in [2.75, 3.05) is 7.11 Å². The molecule has 18 heavy (non-hydrogen) atoms. The van der Waals surface area contributed by atoms with E-state index in [1.165, 1.54) is 11.3 Å². The van der Waals surface area contributed by atoms with E-state index in [-0.39, 0.29) is 23.5 Å². The number of thiophene rings is 1. The Kier molecular flexibility index (Phi) is 3.85. The van der Waals surface area contributed by atoms with Gasteiger partial charge in [0.1, 0.15) is 0 Å². The average Bonchev–Trinajstić information content (AvgIpc) is 2.64. The fraction of sp³-hybridized carbons (Fsp3) is 0.615. The summed E-state index contributed by atoms with van der Waals surface area (Å²) in [4.78, 5) is 12.9. The van der Waals surface area contributed by atoms with E-state index in [0.29, 0.717) is 0 Å². The van der Waals surface area contributed by atoms with Crippen LogP contribution in [0.4, 0.5) is 0 Å². The number of carbonyl (C=O) groups is 1. The van der Waals surface area contributed by atoms with Gasteiger partial charge in [0.15, 0.2) is 0 Å². The fourth-order valence-electron chi connectivity index (χ4n) is 2.33. The zero-order valence-electron chi connectivity index (χ0n) is 11.0. The van der Waals surface area contributed by atoms with Crippen LogP contribution in [0.15, 0.2) is 9.85 Å². The van der Waals surface area contributed by atoms with Gasteiger partial charge < -0.3 is 10.1 Å². The highest BCUT2D eigenvalue weighted by Crippen LogP contribution is 2.42. The second kappa shape index (κ2) is 4.94. The van der Waals surface area contributed by atoms with Gasteiger partial charge in [-0.25, -0.2) is 0 Å². The monoisotopic (exact) mass is 331 g/mol. The Bertz CT molecular complexity index is 450. The predicted octanol–water partition coefficient (Wildman–Crippen LogP) is 3.36. The number of halogens is 1. The summed E-state index contributed by atoms with van der Waals surface area (Å²) in [5, 5.41) is 3.10. The van der Waals surface area contributed by atoms with Crippen LogP contribution >= 0.6 is 27.3 Å². The van der Waals surface area contributed by atoms with Gasteiger partial charge in [-0.1, -0.05) is 13.8 Å². The standard InChI is InChI=1S/C13H18BrNO2S/c1-7-5-8(18-11(7)14)12(16)15-9-6-10(17-4)13(9,2)3/h5,9-10H,6H2,1-4H3,(H,15,16). The highest BCUT2D eigenvalue weighted by atomic mass is 79.9. The smallest absolute Gasteiger partial charge is 0.261 e. The summed E-state index contributed by atoms with van der Waals surface area (Å²) in [5.41, 5.74) is 1.11. The molecule has 1 fully saturated rings. The van der Waals surface area contributed by atoms with Crippen molar-refractivity contribution < 1.29 is 9.53 Å². The molecule has 2 rings (SSSR count). The Balaban J connectivity index is 2.01. The third kappa shape index (κ3) is 2.36. The van der Waals surface area contributed by atoms with Gasteiger partial charge in [0.05, 0.1) is 14.8 Å². The molecule has 0 aliphatic heterocycles. The van der Waals surface area contributed by atoms with Gasteiger partial charge in [-0.3, -0.25) is 4.79 Å². The molecular formula is C13H18BrNO2S. The molecule has 0 radical (unpaired) electrons. The quantitative estimate of drug-likeness (QED) is 0.922. The first-order valence-electron chi connectivity index (χ1n) is 5.96. The molecule has 5 heteroatoms. The molecule has 2 atom stereocenters. The van der Waals surface area contributed by atoms with E-state index in [4.69, 9.17) is 4.74 Å². The van der Waals surface area contributed by atoms with E-state index in [0.717, 1.165) is 20.6 Å². The van der Waals surface area contributed by atoms with E-state index in [2.05, 4.69) is 35.1 Å². The molecule has 1 aliphatic rings. The number of aryl methyl sites for hydroxylation is 1. The molecule has 1 N–H and O–H groups in total. The number of methoxy groups -OCH3 is 1. The van der Waals surface area contributed by atoms with Crippen molar-refractivity contribution in [3.05, 3.63) is 20.3 Å². The lowest BCUT2D eigenvalue weighted by atomic mass is 9.64. The Morgan fingerprint density at radius 1 is 1.61 bits per heavy atom. The number of nitrogens with one attached hydrogen (secondary N) is 1. The van der Waals surface area contributed by atoms with Crippen LogP contribution in [0.2, 0.25) is 0 Å². The second-order valence-corrected chi connectivity index (χ2v) is 7.74. The summed E-state index contributed by atoms with van der Waals surface area (Å²) in [6.07, 6.45) is 1.13. The summed E-state index contributed by atoms with van der Waals surface area (Å²) in [6, 6.07) is 2.11. The molecule has 0 saturated heterocycles. The topological polar surface area (TPSA) is 38.3 Å². The molecule has 0 aromatic carbocycles. The highest BCUT2D eigenvalue weighted by Gasteiger charge is 2.49. The first kappa shape index (κ1) is 14.0. The fourth-order valence-corrected chi connectivity index (χ4v) is 3.77. The molecule has 1 aromatic heterocycles. The van der Waals surface area contributed by atoms with Crippen molar-refractivity contribution in [1.82, 2.24) is 5.32 Å². The third-order valence-corrected chi connectivity index (χ3v) is 5.98. The van der Waals surface area contributed by atoms with E-state index < -0.39 is 0 Å². The van der Waals surface area contributed by atoms with Crippen molar-refractivity contribution >= 4 is 33.2 Å². The van der Waals surface area contributed by atoms with Crippen LogP contribution in [0, 0.1) is 12.3 Å². The van der Waals surface area contributed by atoms with Crippen LogP contribution in [0.1, 0.15) is 35.5 Å². The maximum absolute atomic E-state index is 12.1. The van der Waals surface area contributed by atoms with Crippen LogP contribution in [0.25, 0.3) is 0 Å². The second-order valence-electron chi connectivity index (χ2n) is 5.37. The zero-order chi connectivity index (χ0) is 13.5. The Labute approximate surface area is 120 Å². The van der Waals surface area contributed by atoms with E-state index in [9.17, 15) is 4.79 Å². The van der Waals surface area contributed by atoms with Crippen LogP contribution in [0.3, 0.4) is 0 Å². The molecular weight excluding hydrogens is 314 g/mol. The Morgan fingerprint density at radius 2 is 2.28 bits per heavy atom. The van der Waals surface area contributed by atoms with E-state index in [1.807, 2.05) is 13.0 Å². The van der Waals surface area contributed by atoms with Crippen molar-refractivity contribution in [3.63, 3.8) is 0 Å². The lowest BCUT2D eigenvalue weighted by molar-refractivity contribution is -0.0942. The van der Waals surface area contributed by atoms with Crippen LogP contribution < -0.4 is 5.32 Å². The summed E-state index contributed by atoms with van der Waals surface area (Å²) >= 11 is 4.92. The molecule has 1 aromatic rings. The molecule has 3 nitrogen and oxygen atoms in total. The van der Waals surface area contributed by atoms with Gasteiger partial charge in [-0.15, -0.1) is 11.3 Å². The molecule has 0 spiro atoms. The predicted molar refractivity (Wildman–Crippen MR) is 77.2 cm³/mol. The Morgan fingerprint density at radius 3 is 2.72 bits per heavy atom. The molecule has 1 saturated carbocycles. The number of ether oxygens (including phenoxy) is 1. The minimum Gasteiger partial charge on any atom is -0.381 e. The average molecular weight is 332 g/mol. The van der Waals surface area contributed by atoms with Gasteiger partial charge in [0.2, 0.25) is 0 Å². The number of hydrogen-bond acceptors (Lipinski definition) is 3. The van der Waals surface area contributed by atoms with Crippen molar-refractivity contribution in [3.8, 4) is 0 Å². The van der Waals surface area contributed by atoms with Crippen LogP contribution in [0.5, 0.6) is 0 Å². The van der Waals surface area contributed by atoms with Gasteiger partial charge in [-0.05, 0) is 40.9 Å². The maximum Gasteiger partial charge on any atom is 0.261 e. The van der Waals surface area contributed by atoms with Crippen molar-refractivity contribution in [2.45, 2.75) is 39.3 Å². The summed E-state index contributed by atoms with van der Waals surface area (Å²) in [6.45, 7) is 6.25. The maximum atomic E-state index is 12.1. The minimum absolute atomic E-state index is 0.00788. The SMILES string of the molecule is COC1CC(NC(=O)c2cc(C)c(Br)s2)C1(C)C. The number of amides is 1. The molecule has 100 valence electrons. The number of hydrogen-bond donors (Lipinski definition) is 1. The van der Waals surface area contributed by atoms with Gasteiger partial charge >= 0.3 is 0 Å². The molecule has 0 bridgehead atoms. The van der Waals surface area contributed by atoms with Gasteiger partial charge in [-0.2, -0.15) is 0 Å². The Hall–Kier alpha value is -0.390. The summed E-state index contributed by atoms with van der Waals surface area (Å²) in [7, 11) is 1.73. The van der Waals surface area contributed by atoms with Crippen molar-refractivity contribution in [2.24, 2.45) is 5.41 Å². The van der Waals surface area contributed by atoms with Gasteiger partial charge in [0.25, 0.3) is 5.91 Å². The summed E-state index contributed by atoms with van der Waals surface area (Å²) < 4.78 is 6.41. The third-order valence-electron chi connectivity index (χ3n) is 3.85. The minimum atomic E-state index is 0.00788. The van der Waals surface area contributed by atoms with E-state index in [1.54, 1.807) is 7.11 Å². The largest absolute Gasteiger partial charge is 0.381 e. The molecule has 2 unspecified atom stereocenters.